The quantitative estimate of drug-likeness (QED) is 0.176. The first-order valence-corrected chi connectivity index (χ1v) is 20.4. The van der Waals surface area contributed by atoms with Crippen molar-refractivity contribution in [2.75, 3.05) is 0 Å². The van der Waals surface area contributed by atoms with E-state index in [0.717, 1.165) is 49.3 Å². The first kappa shape index (κ1) is 31.4. The van der Waals surface area contributed by atoms with Gasteiger partial charge in [0.05, 0.1) is 5.41 Å². The lowest BCUT2D eigenvalue weighted by atomic mass is 9.70. The molecule has 0 radical (unpaired) electrons. The third-order valence-corrected chi connectivity index (χ3v) is 13.5. The molecule has 0 saturated carbocycles. The molecule has 1 spiro atoms. The molecule has 0 fully saturated rings. The van der Waals surface area contributed by atoms with Crippen molar-refractivity contribution in [3.8, 4) is 44.5 Å². The number of para-hydroxylation sites is 1. The van der Waals surface area contributed by atoms with E-state index in [1.54, 1.807) is 0 Å². The van der Waals surface area contributed by atoms with Crippen LogP contribution in [-0.4, -0.2) is 0 Å². The minimum Gasteiger partial charge on any atom is -0.456 e. The minimum atomic E-state index is -0.491. The van der Waals surface area contributed by atoms with Crippen LogP contribution in [0.2, 0.25) is 0 Å². The lowest BCUT2D eigenvalue weighted by Crippen LogP contribution is -2.25. The van der Waals surface area contributed by atoms with Gasteiger partial charge in [-0.3, -0.25) is 0 Å². The van der Waals surface area contributed by atoms with Gasteiger partial charge < -0.3 is 8.83 Å². The highest BCUT2D eigenvalue weighted by Crippen LogP contribution is 2.64. The van der Waals surface area contributed by atoms with E-state index >= 15 is 0 Å². The summed E-state index contributed by atoms with van der Waals surface area (Å²) in [6.07, 6.45) is 0. The third kappa shape index (κ3) is 4.00. The van der Waals surface area contributed by atoms with Crippen LogP contribution in [0.1, 0.15) is 22.3 Å². The van der Waals surface area contributed by atoms with Gasteiger partial charge in [-0.25, -0.2) is 0 Å². The maximum Gasteiger partial charge on any atom is 0.143 e. The highest BCUT2D eigenvalue weighted by molar-refractivity contribution is 6.19. The van der Waals surface area contributed by atoms with Gasteiger partial charge in [-0.2, -0.15) is 0 Å². The zero-order valence-corrected chi connectivity index (χ0v) is 31.8. The molecule has 2 heteroatoms. The molecular formula is C57H32O2. The number of fused-ring (bicyclic) bond motifs is 19. The van der Waals surface area contributed by atoms with Gasteiger partial charge in [0.25, 0.3) is 0 Å². The van der Waals surface area contributed by atoms with Gasteiger partial charge in [-0.15, -0.1) is 0 Å². The van der Waals surface area contributed by atoms with E-state index in [9.17, 15) is 0 Å². The van der Waals surface area contributed by atoms with Crippen LogP contribution in [-0.2, 0) is 5.41 Å². The molecule has 0 unspecified atom stereocenters. The van der Waals surface area contributed by atoms with E-state index < -0.39 is 5.41 Å². The van der Waals surface area contributed by atoms with E-state index in [4.69, 9.17) is 8.83 Å². The van der Waals surface area contributed by atoms with E-state index in [0.29, 0.717) is 0 Å². The Hall–Kier alpha value is -7.68. The number of furan rings is 2. The summed E-state index contributed by atoms with van der Waals surface area (Å²) in [7, 11) is 0. The Bertz CT molecular complexity index is 3750. The number of rotatable bonds is 2. The van der Waals surface area contributed by atoms with Crippen LogP contribution >= 0.6 is 0 Å². The summed E-state index contributed by atoms with van der Waals surface area (Å²) in [4.78, 5) is 0. The normalized spacial score (nSPS) is 13.6. The van der Waals surface area contributed by atoms with Crippen molar-refractivity contribution < 1.29 is 8.83 Å². The van der Waals surface area contributed by atoms with Gasteiger partial charge in [0.1, 0.15) is 22.3 Å². The third-order valence-electron chi connectivity index (χ3n) is 13.5. The Labute approximate surface area is 339 Å². The first-order chi connectivity index (χ1) is 29.2. The summed E-state index contributed by atoms with van der Waals surface area (Å²) in [5, 5.41) is 9.37. The smallest absolute Gasteiger partial charge is 0.143 e. The van der Waals surface area contributed by atoms with Crippen LogP contribution in [0, 0.1) is 0 Å². The molecule has 2 nitrogen and oxygen atoms in total. The fourth-order valence-corrected chi connectivity index (χ4v) is 11.0. The number of hydrogen-bond donors (Lipinski definition) is 0. The first-order valence-electron chi connectivity index (χ1n) is 20.4. The SMILES string of the molecule is c1ccc2c(c1)-c1ccccc1C21c2cc(-c3cccc4oc5c6ccccc6ccc5c34)ccc2-c2cc3c(-c4ccc5oc6ccccc6c5c4)cccc3cc21. The van der Waals surface area contributed by atoms with E-state index in [1.807, 2.05) is 12.1 Å². The second kappa shape index (κ2) is 11.2. The fraction of sp³-hybridized carbons (Fsp3) is 0.0175. The molecule has 0 atom stereocenters. The molecule has 272 valence electrons. The highest BCUT2D eigenvalue weighted by Gasteiger charge is 2.51. The van der Waals surface area contributed by atoms with Crippen LogP contribution < -0.4 is 0 Å². The topological polar surface area (TPSA) is 26.3 Å². The van der Waals surface area contributed by atoms with Gasteiger partial charge >= 0.3 is 0 Å². The van der Waals surface area contributed by atoms with Crippen molar-refractivity contribution >= 4 is 65.4 Å². The van der Waals surface area contributed by atoms with Crippen molar-refractivity contribution in [2.45, 2.75) is 5.41 Å². The summed E-state index contributed by atoms with van der Waals surface area (Å²) in [6.45, 7) is 0. The van der Waals surface area contributed by atoms with Gasteiger partial charge in [-0.1, -0.05) is 146 Å². The van der Waals surface area contributed by atoms with Crippen molar-refractivity contribution in [1.82, 2.24) is 0 Å². The van der Waals surface area contributed by atoms with Crippen molar-refractivity contribution in [2.24, 2.45) is 0 Å². The Balaban J connectivity index is 1.05. The molecule has 2 aliphatic carbocycles. The second-order valence-corrected chi connectivity index (χ2v) is 16.3. The van der Waals surface area contributed by atoms with Crippen LogP contribution in [0.5, 0.6) is 0 Å². The molecule has 2 aromatic heterocycles. The van der Waals surface area contributed by atoms with E-state index in [1.165, 1.54) is 82.9 Å². The predicted molar refractivity (Wildman–Crippen MR) is 243 cm³/mol. The Morgan fingerprint density at radius 1 is 0.288 bits per heavy atom. The molecule has 14 rings (SSSR count). The Kier molecular flexibility index (Phi) is 5.99. The zero-order chi connectivity index (χ0) is 38.4. The summed E-state index contributed by atoms with van der Waals surface area (Å²) < 4.78 is 12.9. The molecule has 2 heterocycles. The molecule has 59 heavy (non-hydrogen) atoms. The molecule has 0 saturated heterocycles. The average Bonchev–Trinajstić information content (AvgIpc) is 4.03. The predicted octanol–water partition coefficient (Wildman–Crippen LogP) is 15.5. The molecule has 0 amide bonds. The Morgan fingerprint density at radius 2 is 0.915 bits per heavy atom. The summed E-state index contributed by atoms with van der Waals surface area (Å²) >= 11 is 0. The van der Waals surface area contributed by atoms with Gasteiger partial charge in [-0.05, 0) is 131 Å². The lowest BCUT2D eigenvalue weighted by Gasteiger charge is -2.31. The lowest BCUT2D eigenvalue weighted by molar-refractivity contribution is 0.669. The molecule has 12 aromatic rings. The van der Waals surface area contributed by atoms with Crippen molar-refractivity contribution in [3.05, 3.63) is 216 Å². The van der Waals surface area contributed by atoms with Crippen LogP contribution in [0.3, 0.4) is 0 Å². The van der Waals surface area contributed by atoms with E-state index in [-0.39, 0.29) is 0 Å². The van der Waals surface area contributed by atoms with Crippen molar-refractivity contribution in [1.29, 1.82) is 0 Å². The maximum atomic E-state index is 6.68. The largest absolute Gasteiger partial charge is 0.456 e. The molecule has 2 aliphatic rings. The average molecular weight is 749 g/mol. The zero-order valence-electron chi connectivity index (χ0n) is 31.8. The van der Waals surface area contributed by atoms with Crippen LogP contribution in [0.25, 0.3) is 110 Å². The van der Waals surface area contributed by atoms with Gasteiger partial charge in [0.2, 0.25) is 0 Å². The standard InChI is InChI=1S/C57H32O2/c1-2-13-39-33(11-1)23-27-44-55-38(18-10-22-54(55)59-56(39)44)36-24-26-42-46-32-45-34(12-9-17-37(45)35-25-28-53-47(29-35)43-16-5-8-21-52(43)58-53)30-51(46)57(50(42)31-36)48-19-6-3-14-40(48)41-15-4-7-20-49(41)57/h1-32H. The number of hydrogen-bond acceptors (Lipinski definition) is 2. The van der Waals surface area contributed by atoms with E-state index in [2.05, 4.69) is 182 Å². The number of benzene rings is 10. The molecular weight excluding hydrogens is 717 g/mol. The van der Waals surface area contributed by atoms with Gasteiger partial charge in [0, 0.05) is 26.9 Å². The van der Waals surface area contributed by atoms with Crippen LogP contribution in [0.15, 0.2) is 203 Å². The highest BCUT2D eigenvalue weighted by atomic mass is 16.3. The Morgan fingerprint density at radius 3 is 1.80 bits per heavy atom. The minimum absolute atomic E-state index is 0.491. The van der Waals surface area contributed by atoms with Crippen LogP contribution in [0.4, 0.5) is 0 Å². The molecule has 0 bridgehead atoms. The van der Waals surface area contributed by atoms with Crippen molar-refractivity contribution in [3.63, 3.8) is 0 Å². The summed E-state index contributed by atoms with van der Waals surface area (Å²) in [5.41, 5.74) is 18.4. The molecule has 0 N–H and O–H groups in total. The summed E-state index contributed by atoms with van der Waals surface area (Å²) in [5.74, 6) is 0. The second-order valence-electron chi connectivity index (χ2n) is 16.3. The molecule has 0 aliphatic heterocycles. The monoisotopic (exact) mass is 748 g/mol. The fourth-order valence-electron chi connectivity index (χ4n) is 11.0. The summed E-state index contributed by atoms with van der Waals surface area (Å²) in [6, 6.07) is 71.5. The molecule has 10 aromatic carbocycles. The maximum absolute atomic E-state index is 6.68. The van der Waals surface area contributed by atoms with Gasteiger partial charge in [0.15, 0.2) is 0 Å².